The monoisotopic (exact) mass is 318 g/mol. The van der Waals surface area contributed by atoms with E-state index in [4.69, 9.17) is 4.74 Å². The second-order valence-corrected chi connectivity index (χ2v) is 6.18. The third-order valence-electron chi connectivity index (χ3n) is 4.12. The van der Waals surface area contributed by atoms with Crippen LogP contribution in [-0.4, -0.2) is 42.5 Å². The first-order valence-electron chi connectivity index (χ1n) is 8.30. The molecule has 0 unspecified atom stereocenters. The van der Waals surface area contributed by atoms with Crippen LogP contribution in [0, 0.1) is 5.92 Å². The zero-order chi connectivity index (χ0) is 16.7. The highest BCUT2D eigenvalue weighted by Crippen LogP contribution is 2.16. The minimum Gasteiger partial charge on any atom is -0.494 e. The van der Waals surface area contributed by atoms with Crippen molar-refractivity contribution in [1.82, 2.24) is 10.2 Å². The maximum absolute atomic E-state index is 12.5. The van der Waals surface area contributed by atoms with Gasteiger partial charge in [-0.2, -0.15) is 0 Å². The summed E-state index contributed by atoms with van der Waals surface area (Å²) in [6, 6.07) is 9.71. The number of nitrogens with zero attached hydrogens (tertiary/aromatic N) is 1. The van der Waals surface area contributed by atoms with E-state index in [9.17, 15) is 9.59 Å². The summed E-state index contributed by atoms with van der Waals surface area (Å²) in [4.78, 5) is 25.6. The smallest absolute Gasteiger partial charge is 0.225 e. The fraction of sp³-hybridized carbons (Fsp3) is 0.556. The van der Waals surface area contributed by atoms with Crippen LogP contribution in [0.3, 0.4) is 0 Å². The molecule has 23 heavy (non-hydrogen) atoms. The molecule has 2 atom stereocenters. The number of ether oxygens (including phenoxy) is 1. The van der Waals surface area contributed by atoms with Gasteiger partial charge in [0.05, 0.1) is 6.61 Å². The van der Waals surface area contributed by atoms with E-state index >= 15 is 0 Å². The second kappa shape index (κ2) is 8.56. The quantitative estimate of drug-likeness (QED) is 0.875. The molecule has 126 valence electrons. The van der Waals surface area contributed by atoms with Gasteiger partial charge in [0.15, 0.2) is 0 Å². The van der Waals surface area contributed by atoms with Crippen LogP contribution in [0.1, 0.15) is 33.1 Å². The van der Waals surface area contributed by atoms with Crippen molar-refractivity contribution in [3.63, 3.8) is 0 Å². The lowest BCUT2D eigenvalue weighted by atomic mass is 10.0. The topological polar surface area (TPSA) is 58.6 Å². The maximum atomic E-state index is 12.5. The standard InChI is InChI=1S/C18H26N2O3/c1-14(10-12-23-17-8-4-3-5-9-17)18(22)20-11-6-7-16(13-20)19-15(2)21/h3-5,8-9,14,16H,6-7,10-13H2,1-2H3,(H,19,21)/t14-,16+/m0/s1. The summed E-state index contributed by atoms with van der Waals surface area (Å²) >= 11 is 0. The molecule has 0 aliphatic carbocycles. The number of carbonyl (C=O) groups is 2. The van der Waals surface area contributed by atoms with Crippen molar-refractivity contribution in [2.24, 2.45) is 5.92 Å². The van der Waals surface area contributed by atoms with Crippen LogP contribution in [0.5, 0.6) is 5.75 Å². The van der Waals surface area contributed by atoms with Crippen LogP contribution >= 0.6 is 0 Å². The Morgan fingerprint density at radius 1 is 1.35 bits per heavy atom. The van der Waals surface area contributed by atoms with E-state index < -0.39 is 0 Å². The van der Waals surface area contributed by atoms with Gasteiger partial charge < -0.3 is 15.0 Å². The molecule has 0 saturated carbocycles. The number of likely N-dealkylation sites (tertiary alicyclic amines) is 1. The molecule has 5 nitrogen and oxygen atoms in total. The summed E-state index contributed by atoms with van der Waals surface area (Å²) < 4.78 is 5.66. The maximum Gasteiger partial charge on any atom is 0.225 e. The van der Waals surface area contributed by atoms with Crippen molar-refractivity contribution in [2.45, 2.75) is 39.2 Å². The number of hydrogen-bond donors (Lipinski definition) is 1. The Morgan fingerprint density at radius 2 is 2.09 bits per heavy atom. The fourth-order valence-corrected chi connectivity index (χ4v) is 2.89. The van der Waals surface area contributed by atoms with Crippen LogP contribution in [-0.2, 0) is 9.59 Å². The third kappa shape index (κ3) is 5.58. The van der Waals surface area contributed by atoms with Gasteiger partial charge in [-0.15, -0.1) is 0 Å². The first kappa shape index (κ1) is 17.3. The predicted molar refractivity (Wildman–Crippen MR) is 89.1 cm³/mol. The molecule has 5 heteroatoms. The summed E-state index contributed by atoms with van der Waals surface area (Å²) in [6.45, 7) is 5.38. The first-order chi connectivity index (χ1) is 11.1. The lowest BCUT2D eigenvalue weighted by Gasteiger charge is -2.34. The largest absolute Gasteiger partial charge is 0.494 e. The molecule has 2 amide bonds. The number of hydrogen-bond acceptors (Lipinski definition) is 3. The lowest BCUT2D eigenvalue weighted by molar-refractivity contribution is -0.137. The molecule has 0 radical (unpaired) electrons. The van der Waals surface area contributed by atoms with E-state index in [-0.39, 0.29) is 23.8 Å². The van der Waals surface area contributed by atoms with Crippen molar-refractivity contribution in [2.75, 3.05) is 19.7 Å². The zero-order valence-corrected chi connectivity index (χ0v) is 14.0. The number of benzene rings is 1. The van der Waals surface area contributed by atoms with Crippen LogP contribution in [0.15, 0.2) is 30.3 Å². The molecule has 0 aromatic heterocycles. The highest BCUT2D eigenvalue weighted by atomic mass is 16.5. The molecular formula is C18H26N2O3. The van der Waals surface area contributed by atoms with Gasteiger partial charge in [-0.3, -0.25) is 9.59 Å². The minimum atomic E-state index is -0.0743. The first-order valence-corrected chi connectivity index (χ1v) is 8.30. The number of carbonyl (C=O) groups excluding carboxylic acids is 2. The Labute approximate surface area is 138 Å². The van der Waals surface area contributed by atoms with Crippen LogP contribution in [0.25, 0.3) is 0 Å². The second-order valence-electron chi connectivity index (χ2n) is 6.18. The summed E-state index contributed by atoms with van der Waals surface area (Å²) in [7, 11) is 0. The van der Waals surface area contributed by atoms with Gasteiger partial charge in [0, 0.05) is 32.0 Å². The molecule has 0 spiro atoms. The van der Waals surface area contributed by atoms with E-state index in [1.54, 1.807) is 0 Å². The predicted octanol–water partition coefficient (Wildman–Crippen LogP) is 2.22. The molecule has 1 heterocycles. The van der Waals surface area contributed by atoms with Gasteiger partial charge in [0.2, 0.25) is 11.8 Å². The average Bonchev–Trinajstić information content (AvgIpc) is 2.54. The molecule has 1 aromatic carbocycles. The van der Waals surface area contributed by atoms with Crippen molar-refractivity contribution >= 4 is 11.8 Å². The van der Waals surface area contributed by atoms with Crippen LogP contribution in [0.2, 0.25) is 0 Å². The molecule has 1 fully saturated rings. The molecule has 1 saturated heterocycles. The van der Waals surface area contributed by atoms with Crippen LogP contribution < -0.4 is 10.1 Å². The summed E-state index contributed by atoms with van der Waals surface area (Å²) in [5.74, 6) is 0.871. The number of amides is 2. The molecule has 2 rings (SSSR count). The van der Waals surface area contributed by atoms with E-state index in [2.05, 4.69) is 5.32 Å². The highest BCUT2D eigenvalue weighted by molar-refractivity contribution is 5.79. The summed E-state index contributed by atoms with van der Waals surface area (Å²) in [6.07, 6.45) is 2.56. The average molecular weight is 318 g/mol. The molecule has 1 aliphatic heterocycles. The van der Waals surface area contributed by atoms with Gasteiger partial charge in [0.25, 0.3) is 0 Å². The summed E-state index contributed by atoms with van der Waals surface area (Å²) in [5.41, 5.74) is 0. The Balaban J connectivity index is 1.76. The van der Waals surface area contributed by atoms with E-state index in [1.165, 1.54) is 6.92 Å². The number of rotatable bonds is 6. The normalized spacial score (nSPS) is 19.0. The van der Waals surface area contributed by atoms with E-state index in [1.807, 2.05) is 42.2 Å². The molecule has 0 bridgehead atoms. The number of para-hydroxylation sites is 1. The van der Waals surface area contributed by atoms with Gasteiger partial charge in [0.1, 0.15) is 5.75 Å². The van der Waals surface area contributed by atoms with E-state index in [0.717, 1.165) is 25.1 Å². The summed E-state index contributed by atoms with van der Waals surface area (Å²) in [5, 5.41) is 2.91. The Kier molecular flexibility index (Phi) is 6.44. The SMILES string of the molecule is CC(=O)N[C@@H]1CCCN(C(=O)[C@@H](C)CCOc2ccccc2)C1. The van der Waals surface area contributed by atoms with E-state index in [0.29, 0.717) is 19.6 Å². The molecule has 1 N–H and O–H groups in total. The lowest BCUT2D eigenvalue weighted by Crippen LogP contribution is -2.50. The van der Waals surface area contributed by atoms with Crippen LogP contribution in [0.4, 0.5) is 0 Å². The Hall–Kier alpha value is -2.04. The number of nitrogens with one attached hydrogen (secondary N) is 1. The highest BCUT2D eigenvalue weighted by Gasteiger charge is 2.26. The minimum absolute atomic E-state index is 0.0337. The van der Waals surface area contributed by atoms with Gasteiger partial charge in [-0.1, -0.05) is 25.1 Å². The zero-order valence-electron chi connectivity index (χ0n) is 14.0. The Bertz CT molecular complexity index is 518. The molecule has 1 aliphatic rings. The fourth-order valence-electron chi connectivity index (χ4n) is 2.89. The van der Waals surface area contributed by atoms with Crippen molar-refractivity contribution in [3.8, 4) is 5.75 Å². The van der Waals surface area contributed by atoms with Crippen molar-refractivity contribution in [3.05, 3.63) is 30.3 Å². The van der Waals surface area contributed by atoms with Gasteiger partial charge >= 0.3 is 0 Å². The van der Waals surface area contributed by atoms with Gasteiger partial charge in [-0.05, 0) is 31.4 Å². The van der Waals surface area contributed by atoms with Crippen molar-refractivity contribution < 1.29 is 14.3 Å². The van der Waals surface area contributed by atoms with Crippen molar-refractivity contribution in [1.29, 1.82) is 0 Å². The molecule has 1 aromatic rings. The molecular weight excluding hydrogens is 292 g/mol. The number of piperidine rings is 1. The Morgan fingerprint density at radius 3 is 2.78 bits per heavy atom. The van der Waals surface area contributed by atoms with Gasteiger partial charge in [-0.25, -0.2) is 0 Å². The third-order valence-corrected chi connectivity index (χ3v) is 4.12.